The highest BCUT2D eigenvalue weighted by molar-refractivity contribution is 6.20. The van der Waals surface area contributed by atoms with Crippen LogP contribution in [-0.4, -0.2) is 26.8 Å². The molecule has 0 radical (unpaired) electrons. The van der Waals surface area contributed by atoms with E-state index in [1.807, 2.05) is 0 Å². The summed E-state index contributed by atoms with van der Waals surface area (Å²) in [7, 11) is 0. The summed E-state index contributed by atoms with van der Waals surface area (Å²) in [4.78, 5) is 34.7. The van der Waals surface area contributed by atoms with Gasteiger partial charge in [-0.15, -0.1) is 0 Å². The summed E-state index contributed by atoms with van der Waals surface area (Å²) in [6, 6.07) is 11.7. The molecule has 2 N–H and O–H groups in total. The normalized spacial score (nSPS) is 16.4. The fraction of sp³-hybridized carbons (Fsp3) is 0.0870. The van der Waals surface area contributed by atoms with Crippen LogP contribution in [0, 0.1) is 18.6 Å². The second-order valence-corrected chi connectivity index (χ2v) is 7.33. The number of carbonyl (C=O) groups excluding carboxylic acids is 2. The van der Waals surface area contributed by atoms with Crippen LogP contribution >= 0.6 is 0 Å². The third-order valence-electron chi connectivity index (χ3n) is 5.28. The molecule has 1 unspecified atom stereocenters. The van der Waals surface area contributed by atoms with E-state index in [0.717, 1.165) is 17.0 Å². The maximum atomic E-state index is 14.1. The summed E-state index contributed by atoms with van der Waals surface area (Å²) < 4.78 is 33.1. The Bertz CT molecular complexity index is 1400. The third kappa shape index (κ3) is 2.97. The van der Waals surface area contributed by atoms with Gasteiger partial charge in [0.05, 0.1) is 22.6 Å². The fourth-order valence-electron chi connectivity index (χ4n) is 3.80. The average molecular weight is 435 g/mol. The number of ketones is 1. The molecule has 3 heterocycles. The lowest BCUT2D eigenvalue weighted by Gasteiger charge is -2.24. The first-order valence-electron chi connectivity index (χ1n) is 9.62. The Morgan fingerprint density at radius 3 is 2.59 bits per heavy atom. The van der Waals surface area contributed by atoms with Crippen LogP contribution in [0.3, 0.4) is 0 Å². The van der Waals surface area contributed by atoms with Crippen LogP contribution in [0.15, 0.2) is 70.3 Å². The zero-order chi connectivity index (χ0) is 22.6. The highest BCUT2D eigenvalue weighted by Gasteiger charge is 2.46. The highest BCUT2D eigenvalue weighted by Crippen LogP contribution is 2.41. The standard InChI is InChI=1S/C23H15F2N3O4/c1-11-6-9-17(32-11)20(29)18-19(12-7-8-13(24)14(25)10-12)28(22(31)21(18)30)23-26-15-4-2-3-5-16(15)27-23/h2-10,19,30H,1H3,(H,26,27). The van der Waals surface area contributed by atoms with Crippen LogP contribution in [0.4, 0.5) is 14.7 Å². The van der Waals surface area contributed by atoms with Gasteiger partial charge in [0.15, 0.2) is 23.2 Å². The van der Waals surface area contributed by atoms with Gasteiger partial charge in [-0.1, -0.05) is 18.2 Å². The molecule has 2 aromatic carbocycles. The summed E-state index contributed by atoms with van der Waals surface area (Å²) in [6.45, 7) is 1.64. The van der Waals surface area contributed by atoms with E-state index < -0.39 is 35.1 Å². The Balaban J connectivity index is 1.70. The SMILES string of the molecule is Cc1ccc(C(=O)C2=C(O)C(=O)N(c3nc4ccccc4[nH]3)C2c2ccc(F)c(F)c2)o1. The number of amides is 1. The number of nitrogens with zero attached hydrogens (tertiary/aromatic N) is 2. The van der Waals surface area contributed by atoms with Crippen LogP contribution < -0.4 is 4.90 Å². The molecule has 0 bridgehead atoms. The Kier molecular flexibility index (Phi) is 4.40. The van der Waals surface area contributed by atoms with Crippen molar-refractivity contribution in [3.8, 4) is 0 Å². The summed E-state index contributed by atoms with van der Waals surface area (Å²) in [5.41, 5.74) is 0.907. The number of aromatic nitrogens is 2. The van der Waals surface area contributed by atoms with Gasteiger partial charge in [0.2, 0.25) is 11.7 Å². The number of aromatic amines is 1. The minimum atomic E-state index is -1.27. The Hall–Kier alpha value is -4.27. The summed E-state index contributed by atoms with van der Waals surface area (Å²) in [5, 5.41) is 10.7. The number of aliphatic hydroxyl groups excluding tert-OH is 1. The largest absolute Gasteiger partial charge is 0.503 e. The van der Waals surface area contributed by atoms with Gasteiger partial charge in [-0.25, -0.2) is 13.8 Å². The molecule has 1 amide bonds. The van der Waals surface area contributed by atoms with Crippen molar-refractivity contribution < 1.29 is 27.9 Å². The first-order chi connectivity index (χ1) is 15.3. The van der Waals surface area contributed by atoms with E-state index in [1.165, 1.54) is 12.1 Å². The van der Waals surface area contributed by atoms with Crippen molar-refractivity contribution in [2.24, 2.45) is 0 Å². The molecule has 0 saturated carbocycles. The van der Waals surface area contributed by atoms with Crippen molar-refractivity contribution in [3.05, 3.63) is 94.6 Å². The molecule has 0 spiro atoms. The number of hydrogen-bond donors (Lipinski definition) is 2. The molecule has 160 valence electrons. The maximum absolute atomic E-state index is 14.1. The van der Waals surface area contributed by atoms with E-state index in [2.05, 4.69) is 9.97 Å². The molecular weight excluding hydrogens is 420 g/mol. The fourth-order valence-corrected chi connectivity index (χ4v) is 3.80. The number of imidazole rings is 1. The summed E-state index contributed by atoms with van der Waals surface area (Å²) in [6.07, 6.45) is 0. The van der Waals surface area contributed by atoms with Gasteiger partial charge in [0, 0.05) is 0 Å². The molecule has 0 fully saturated rings. The summed E-state index contributed by atoms with van der Waals surface area (Å²) >= 11 is 0. The van der Waals surface area contributed by atoms with Crippen molar-refractivity contribution in [3.63, 3.8) is 0 Å². The molecule has 1 atom stereocenters. The number of nitrogens with one attached hydrogen (secondary N) is 1. The topological polar surface area (TPSA) is 99.4 Å². The number of carbonyl (C=O) groups is 2. The maximum Gasteiger partial charge on any atom is 0.296 e. The molecule has 0 aliphatic carbocycles. The number of benzene rings is 2. The van der Waals surface area contributed by atoms with E-state index >= 15 is 0 Å². The number of H-pyrrole nitrogens is 1. The Morgan fingerprint density at radius 2 is 1.91 bits per heavy atom. The first kappa shape index (κ1) is 19.7. The van der Waals surface area contributed by atoms with E-state index in [9.17, 15) is 23.5 Å². The number of anilines is 1. The molecule has 9 heteroatoms. The van der Waals surface area contributed by atoms with Crippen molar-refractivity contribution in [1.29, 1.82) is 0 Å². The number of aryl methyl sites for hydroxylation is 1. The molecule has 1 aliphatic heterocycles. The van der Waals surface area contributed by atoms with E-state index in [4.69, 9.17) is 4.42 Å². The molecule has 32 heavy (non-hydrogen) atoms. The van der Waals surface area contributed by atoms with Gasteiger partial charge in [0.25, 0.3) is 5.91 Å². The number of aliphatic hydroxyl groups is 1. The third-order valence-corrected chi connectivity index (χ3v) is 5.28. The van der Waals surface area contributed by atoms with Crippen LogP contribution in [0.2, 0.25) is 0 Å². The van der Waals surface area contributed by atoms with Crippen molar-refractivity contribution >= 4 is 28.7 Å². The van der Waals surface area contributed by atoms with Crippen molar-refractivity contribution in [1.82, 2.24) is 9.97 Å². The van der Waals surface area contributed by atoms with Crippen LogP contribution in [-0.2, 0) is 4.79 Å². The minimum absolute atomic E-state index is 0.0379. The van der Waals surface area contributed by atoms with E-state index in [1.54, 1.807) is 37.3 Å². The zero-order valence-electron chi connectivity index (χ0n) is 16.6. The van der Waals surface area contributed by atoms with Crippen LogP contribution in [0.25, 0.3) is 11.0 Å². The van der Waals surface area contributed by atoms with Gasteiger partial charge in [-0.05, 0) is 48.9 Å². The Morgan fingerprint density at radius 1 is 1.12 bits per heavy atom. The number of furan rings is 1. The lowest BCUT2D eigenvalue weighted by atomic mass is 9.95. The van der Waals surface area contributed by atoms with Gasteiger partial charge >= 0.3 is 0 Å². The van der Waals surface area contributed by atoms with Gasteiger partial charge in [-0.3, -0.25) is 14.5 Å². The van der Waals surface area contributed by atoms with Gasteiger partial charge < -0.3 is 14.5 Å². The average Bonchev–Trinajstić information content (AvgIpc) is 3.46. The summed E-state index contributed by atoms with van der Waals surface area (Å²) in [5.74, 6) is -4.34. The zero-order valence-corrected chi connectivity index (χ0v) is 16.6. The predicted octanol–water partition coefficient (Wildman–Crippen LogP) is 4.53. The molecule has 1 aliphatic rings. The molecule has 2 aromatic heterocycles. The monoisotopic (exact) mass is 435 g/mol. The van der Waals surface area contributed by atoms with Crippen molar-refractivity contribution in [2.45, 2.75) is 13.0 Å². The minimum Gasteiger partial charge on any atom is -0.503 e. The second kappa shape index (κ2) is 7.16. The number of rotatable bonds is 4. The predicted molar refractivity (Wildman–Crippen MR) is 110 cm³/mol. The number of hydrogen-bond acceptors (Lipinski definition) is 5. The molecule has 4 aromatic rings. The first-order valence-corrected chi connectivity index (χ1v) is 9.62. The van der Waals surface area contributed by atoms with Crippen LogP contribution in [0.5, 0.6) is 0 Å². The molecular formula is C23H15F2N3O4. The van der Waals surface area contributed by atoms with Crippen molar-refractivity contribution in [2.75, 3.05) is 4.90 Å². The van der Waals surface area contributed by atoms with Gasteiger partial charge in [-0.2, -0.15) is 0 Å². The quantitative estimate of drug-likeness (QED) is 0.459. The molecule has 7 nitrogen and oxygen atoms in total. The van der Waals surface area contributed by atoms with E-state index in [-0.39, 0.29) is 22.8 Å². The number of Topliss-reactive ketones (excluding diaryl/α,β-unsaturated/α-hetero) is 1. The smallest absolute Gasteiger partial charge is 0.296 e. The lowest BCUT2D eigenvalue weighted by Crippen LogP contribution is -2.32. The number of para-hydroxylation sites is 2. The number of halogens is 2. The van der Waals surface area contributed by atoms with Crippen LogP contribution in [0.1, 0.15) is 27.9 Å². The molecule has 0 saturated heterocycles. The number of fused-ring (bicyclic) bond motifs is 1. The molecule has 5 rings (SSSR count). The highest BCUT2D eigenvalue weighted by atomic mass is 19.2. The lowest BCUT2D eigenvalue weighted by molar-refractivity contribution is -0.117. The van der Waals surface area contributed by atoms with Gasteiger partial charge in [0.1, 0.15) is 5.76 Å². The van der Waals surface area contributed by atoms with E-state index in [0.29, 0.717) is 16.8 Å². The Labute approximate surface area is 179 Å². The second-order valence-electron chi connectivity index (χ2n) is 7.33.